The molecule has 1 amide bonds. The van der Waals surface area contributed by atoms with E-state index in [1.54, 1.807) is 6.92 Å². The van der Waals surface area contributed by atoms with Gasteiger partial charge in [0.15, 0.2) is 0 Å². The predicted octanol–water partition coefficient (Wildman–Crippen LogP) is 3.60. The third kappa shape index (κ3) is 5.26. The van der Waals surface area contributed by atoms with Crippen molar-refractivity contribution in [2.75, 3.05) is 0 Å². The van der Waals surface area contributed by atoms with Gasteiger partial charge in [0.05, 0.1) is 17.8 Å². The molecule has 0 aliphatic heterocycles. The highest BCUT2D eigenvalue weighted by molar-refractivity contribution is 5.86. The van der Waals surface area contributed by atoms with Gasteiger partial charge in [0.2, 0.25) is 5.91 Å². The van der Waals surface area contributed by atoms with Crippen molar-refractivity contribution in [3.8, 4) is 11.1 Å². The predicted molar refractivity (Wildman–Crippen MR) is 113 cm³/mol. The lowest BCUT2D eigenvalue weighted by Gasteiger charge is -2.33. The van der Waals surface area contributed by atoms with E-state index >= 15 is 0 Å². The fourth-order valence-corrected chi connectivity index (χ4v) is 3.89. The van der Waals surface area contributed by atoms with Gasteiger partial charge in [-0.05, 0) is 42.4 Å². The van der Waals surface area contributed by atoms with E-state index in [1.807, 2.05) is 54.6 Å². The Morgan fingerprint density at radius 1 is 0.933 bits per heavy atom. The molecular formula is C24H27NO5. The standard InChI is InChI=1S/C24H27NO5/c1-15(23(27)28)13-19(25-22(26)20-11-12-21(20)24(29)30)14-16-7-9-18(10-8-16)17-5-3-2-4-6-17/h2-10,15,19-21H,11-14H2,1H3,(H,25,26)(H,27,28)(H,29,30)/t15-,19?,20-,21-/m1/s1. The van der Waals surface area contributed by atoms with Gasteiger partial charge in [-0.2, -0.15) is 0 Å². The van der Waals surface area contributed by atoms with Gasteiger partial charge >= 0.3 is 11.9 Å². The van der Waals surface area contributed by atoms with E-state index in [4.69, 9.17) is 0 Å². The molecule has 4 atom stereocenters. The molecule has 0 bridgehead atoms. The van der Waals surface area contributed by atoms with Crippen LogP contribution in [0.3, 0.4) is 0 Å². The third-order valence-electron chi connectivity index (χ3n) is 5.88. The van der Waals surface area contributed by atoms with Crippen molar-refractivity contribution in [1.82, 2.24) is 5.32 Å². The molecule has 2 aromatic carbocycles. The van der Waals surface area contributed by atoms with E-state index in [2.05, 4.69) is 5.32 Å². The van der Waals surface area contributed by atoms with Gasteiger partial charge in [-0.15, -0.1) is 0 Å². The maximum Gasteiger partial charge on any atom is 0.307 e. The van der Waals surface area contributed by atoms with Gasteiger partial charge in [-0.3, -0.25) is 14.4 Å². The monoisotopic (exact) mass is 409 g/mol. The molecule has 1 saturated carbocycles. The molecule has 1 aliphatic rings. The first kappa shape index (κ1) is 21.6. The summed E-state index contributed by atoms with van der Waals surface area (Å²) in [6, 6.07) is 17.6. The fourth-order valence-electron chi connectivity index (χ4n) is 3.89. The first-order chi connectivity index (χ1) is 14.3. The highest BCUT2D eigenvalue weighted by Crippen LogP contribution is 2.34. The van der Waals surface area contributed by atoms with E-state index in [9.17, 15) is 24.6 Å². The van der Waals surface area contributed by atoms with Crippen LogP contribution in [0.2, 0.25) is 0 Å². The average Bonchev–Trinajstić information content (AvgIpc) is 2.67. The van der Waals surface area contributed by atoms with Crippen LogP contribution in [0.4, 0.5) is 0 Å². The molecule has 2 aromatic rings. The number of hydrogen-bond acceptors (Lipinski definition) is 3. The number of carbonyl (C=O) groups is 3. The molecule has 30 heavy (non-hydrogen) atoms. The van der Waals surface area contributed by atoms with Crippen molar-refractivity contribution >= 4 is 17.8 Å². The minimum absolute atomic E-state index is 0.284. The second kappa shape index (κ2) is 9.57. The van der Waals surface area contributed by atoms with Crippen molar-refractivity contribution in [3.05, 3.63) is 60.2 Å². The van der Waals surface area contributed by atoms with Crippen LogP contribution < -0.4 is 5.32 Å². The van der Waals surface area contributed by atoms with E-state index in [0.717, 1.165) is 16.7 Å². The van der Waals surface area contributed by atoms with E-state index in [-0.39, 0.29) is 18.4 Å². The summed E-state index contributed by atoms with van der Waals surface area (Å²) in [6.07, 6.45) is 1.83. The molecule has 6 nitrogen and oxygen atoms in total. The summed E-state index contributed by atoms with van der Waals surface area (Å²) < 4.78 is 0. The summed E-state index contributed by atoms with van der Waals surface area (Å²) in [5.74, 6) is -3.96. The quantitative estimate of drug-likeness (QED) is 0.587. The Hall–Kier alpha value is -3.15. The Morgan fingerprint density at radius 2 is 1.53 bits per heavy atom. The lowest BCUT2D eigenvalue weighted by Crippen LogP contribution is -2.48. The third-order valence-corrected chi connectivity index (χ3v) is 5.88. The van der Waals surface area contributed by atoms with Gasteiger partial charge < -0.3 is 15.5 Å². The lowest BCUT2D eigenvalue weighted by molar-refractivity contribution is -0.153. The van der Waals surface area contributed by atoms with Crippen molar-refractivity contribution in [2.45, 2.75) is 38.6 Å². The summed E-state index contributed by atoms with van der Waals surface area (Å²) in [5.41, 5.74) is 3.18. The van der Waals surface area contributed by atoms with E-state index < -0.39 is 29.7 Å². The Bertz CT molecular complexity index is 894. The van der Waals surface area contributed by atoms with E-state index in [1.165, 1.54) is 0 Å². The maximum absolute atomic E-state index is 12.6. The second-order valence-electron chi connectivity index (χ2n) is 8.08. The number of carboxylic acid groups (broad SMARTS) is 2. The molecule has 1 unspecified atom stereocenters. The Labute approximate surface area is 175 Å². The summed E-state index contributed by atoms with van der Waals surface area (Å²) in [5, 5.41) is 21.4. The fraction of sp³-hybridized carbons (Fsp3) is 0.375. The van der Waals surface area contributed by atoms with Gasteiger partial charge in [-0.25, -0.2) is 0 Å². The summed E-state index contributed by atoms with van der Waals surface area (Å²) in [4.78, 5) is 35.2. The molecule has 1 aliphatic carbocycles. The van der Waals surface area contributed by atoms with Crippen LogP contribution in [-0.2, 0) is 20.8 Å². The number of carboxylic acids is 2. The number of hydrogen-bond donors (Lipinski definition) is 3. The van der Waals surface area contributed by atoms with Crippen molar-refractivity contribution in [1.29, 1.82) is 0 Å². The largest absolute Gasteiger partial charge is 0.481 e. The minimum Gasteiger partial charge on any atom is -0.481 e. The number of rotatable bonds is 9. The van der Waals surface area contributed by atoms with Crippen molar-refractivity contribution < 1.29 is 24.6 Å². The number of carbonyl (C=O) groups excluding carboxylic acids is 1. The molecule has 6 heteroatoms. The summed E-state index contributed by atoms with van der Waals surface area (Å²) >= 11 is 0. The van der Waals surface area contributed by atoms with Gasteiger partial charge in [0.1, 0.15) is 0 Å². The van der Waals surface area contributed by atoms with Crippen LogP contribution in [0.15, 0.2) is 54.6 Å². The van der Waals surface area contributed by atoms with Crippen LogP contribution >= 0.6 is 0 Å². The number of nitrogens with one attached hydrogen (secondary N) is 1. The van der Waals surface area contributed by atoms with Gasteiger partial charge in [0.25, 0.3) is 0 Å². The topological polar surface area (TPSA) is 104 Å². The van der Waals surface area contributed by atoms with Crippen molar-refractivity contribution in [3.63, 3.8) is 0 Å². The van der Waals surface area contributed by atoms with E-state index in [0.29, 0.717) is 19.3 Å². The van der Waals surface area contributed by atoms with Gasteiger partial charge in [-0.1, -0.05) is 61.5 Å². The summed E-state index contributed by atoms with van der Waals surface area (Å²) in [6.45, 7) is 1.61. The molecular weight excluding hydrogens is 382 g/mol. The van der Waals surface area contributed by atoms with Crippen LogP contribution in [-0.4, -0.2) is 34.1 Å². The van der Waals surface area contributed by atoms with Crippen molar-refractivity contribution in [2.24, 2.45) is 17.8 Å². The maximum atomic E-state index is 12.6. The molecule has 0 saturated heterocycles. The second-order valence-corrected chi connectivity index (χ2v) is 8.08. The smallest absolute Gasteiger partial charge is 0.307 e. The molecule has 0 heterocycles. The summed E-state index contributed by atoms with van der Waals surface area (Å²) in [7, 11) is 0. The molecule has 0 aromatic heterocycles. The molecule has 3 rings (SSSR count). The molecule has 0 radical (unpaired) electrons. The number of benzene rings is 2. The number of aliphatic carboxylic acids is 2. The van der Waals surface area contributed by atoms with Crippen LogP contribution in [0.25, 0.3) is 11.1 Å². The van der Waals surface area contributed by atoms with Crippen LogP contribution in [0.1, 0.15) is 31.7 Å². The molecule has 158 valence electrons. The Balaban J connectivity index is 1.70. The average molecular weight is 409 g/mol. The highest BCUT2D eigenvalue weighted by atomic mass is 16.4. The SMILES string of the molecule is C[C@H](CC(Cc1ccc(-c2ccccc2)cc1)NC(=O)[C@@H]1CC[C@H]1C(=O)O)C(=O)O. The Kier molecular flexibility index (Phi) is 6.87. The zero-order chi connectivity index (χ0) is 21.7. The zero-order valence-electron chi connectivity index (χ0n) is 17.0. The minimum atomic E-state index is -0.951. The van der Waals surface area contributed by atoms with Crippen LogP contribution in [0, 0.1) is 17.8 Å². The molecule has 0 spiro atoms. The zero-order valence-corrected chi connectivity index (χ0v) is 17.0. The van der Waals surface area contributed by atoms with Crippen LogP contribution in [0.5, 0.6) is 0 Å². The Morgan fingerprint density at radius 3 is 2.07 bits per heavy atom. The lowest BCUT2D eigenvalue weighted by atomic mass is 9.73. The van der Waals surface area contributed by atoms with Gasteiger partial charge in [0, 0.05) is 6.04 Å². The molecule has 1 fully saturated rings. The first-order valence-corrected chi connectivity index (χ1v) is 10.3. The number of amides is 1. The normalized spacial score (nSPS) is 19.9. The molecule has 3 N–H and O–H groups in total. The highest BCUT2D eigenvalue weighted by Gasteiger charge is 2.42. The first-order valence-electron chi connectivity index (χ1n) is 10.3.